The highest BCUT2D eigenvalue weighted by molar-refractivity contribution is 7.99. The van der Waals surface area contributed by atoms with E-state index < -0.39 is 0 Å². The first-order valence-electron chi connectivity index (χ1n) is 9.24. The average Bonchev–Trinajstić information content (AvgIpc) is 3.38. The van der Waals surface area contributed by atoms with Crippen LogP contribution in [0.2, 0.25) is 5.02 Å². The Bertz CT molecular complexity index is 1400. The van der Waals surface area contributed by atoms with E-state index in [1.165, 1.54) is 36.0 Å². The lowest BCUT2D eigenvalue weighted by molar-refractivity contribution is -0.113. The van der Waals surface area contributed by atoms with Crippen LogP contribution in [0.5, 0.6) is 0 Å². The molecule has 3 heterocycles. The van der Waals surface area contributed by atoms with Crippen molar-refractivity contribution in [1.29, 1.82) is 0 Å². The summed E-state index contributed by atoms with van der Waals surface area (Å²) >= 11 is 7.23. The van der Waals surface area contributed by atoms with Crippen molar-refractivity contribution in [3.05, 3.63) is 77.8 Å². The number of carbonyl (C=O) groups excluding carboxylic acids is 1. The van der Waals surface area contributed by atoms with Crippen LogP contribution < -0.4 is 5.32 Å². The van der Waals surface area contributed by atoms with E-state index in [9.17, 15) is 9.18 Å². The molecule has 5 aromatic rings. The molecule has 0 aliphatic rings. The molecule has 1 amide bonds. The number of thioether (sulfide) groups is 1. The number of nitrogens with zero attached hydrogens (tertiary/aromatic N) is 5. The third-order valence-electron chi connectivity index (χ3n) is 4.59. The predicted octanol–water partition coefficient (Wildman–Crippen LogP) is 4.57. The van der Waals surface area contributed by atoms with E-state index in [-0.39, 0.29) is 17.5 Å². The minimum absolute atomic E-state index is 0.138. The van der Waals surface area contributed by atoms with Crippen LogP contribution in [-0.4, -0.2) is 35.9 Å². The fourth-order valence-corrected chi connectivity index (χ4v) is 3.95. The molecule has 0 spiro atoms. The number of halogens is 2. The lowest BCUT2D eigenvalue weighted by Gasteiger charge is -2.04. The molecule has 0 unspecified atom stereocenters. The molecule has 7 nitrogen and oxygen atoms in total. The number of nitrogens with one attached hydrogen (secondary N) is 1. The number of benzene rings is 2. The Kier molecular flexibility index (Phi) is 5.05. The van der Waals surface area contributed by atoms with Gasteiger partial charge < -0.3 is 5.32 Å². The van der Waals surface area contributed by atoms with Crippen molar-refractivity contribution in [3.63, 3.8) is 0 Å². The van der Waals surface area contributed by atoms with Gasteiger partial charge in [-0.15, -0.1) is 10.2 Å². The molecule has 2 aromatic carbocycles. The summed E-state index contributed by atoms with van der Waals surface area (Å²) in [6, 6.07) is 15.0. The van der Waals surface area contributed by atoms with Gasteiger partial charge in [0.15, 0.2) is 10.8 Å². The lowest BCUT2D eigenvalue weighted by Crippen LogP contribution is -2.14. The summed E-state index contributed by atoms with van der Waals surface area (Å²) in [4.78, 5) is 12.2. The summed E-state index contributed by atoms with van der Waals surface area (Å²) in [6.07, 6.45) is 3.62. The van der Waals surface area contributed by atoms with Crippen LogP contribution in [0.1, 0.15) is 0 Å². The van der Waals surface area contributed by atoms with Crippen LogP contribution in [0.25, 0.3) is 22.4 Å². The van der Waals surface area contributed by atoms with Gasteiger partial charge in [0, 0.05) is 28.7 Å². The number of hydrogen-bond acceptors (Lipinski definition) is 5. The Morgan fingerprint density at radius 1 is 1.06 bits per heavy atom. The van der Waals surface area contributed by atoms with Gasteiger partial charge in [-0.1, -0.05) is 35.5 Å². The molecule has 0 saturated carbocycles. The quantitative estimate of drug-likeness (QED) is 0.395. The molecule has 5 rings (SSSR count). The van der Waals surface area contributed by atoms with E-state index in [4.69, 9.17) is 11.6 Å². The molecule has 0 bridgehead atoms. The number of aromatic nitrogens is 5. The third kappa shape index (κ3) is 3.97. The van der Waals surface area contributed by atoms with Crippen LogP contribution in [-0.2, 0) is 4.79 Å². The molecule has 10 heteroatoms. The molecule has 0 atom stereocenters. The second kappa shape index (κ2) is 8.01. The highest BCUT2D eigenvalue weighted by atomic mass is 35.5. The van der Waals surface area contributed by atoms with E-state index in [2.05, 4.69) is 20.6 Å². The number of fused-ring (bicyclic) bond motifs is 3. The number of rotatable bonds is 5. The van der Waals surface area contributed by atoms with E-state index in [0.717, 1.165) is 16.8 Å². The molecule has 1 N–H and O–H groups in total. The van der Waals surface area contributed by atoms with Crippen molar-refractivity contribution < 1.29 is 9.18 Å². The van der Waals surface area contributed by atoms with Gasteiger partial charge in [0.2, 0.25) is 5.91 Å². The molecular weight excluding hydrogens is 439 g/mol. The minimum Gasteiger partial charge on any atom is -0.325 e. The monoisotopic (exact) mass is 452 g/mol. The van der Waals surface area contributed by atoms with Gasteiger partial charge in [0.1, 0.15) is 11.3 Å². The van der Waals surface area contributed by atoms with Crippen LogP contribution >= 0.6 is 23.4 Å². The van der Waals surface area contributed by atoms with Gasteiger partial charge >= 0.3 is 0 Å². The Morgan fingerprint density at radius 3 is 2.61 bits per heavy atom. The standard InChI is InChI=1S/C21H14ClFN6OS/c22-14-3-1-13(2-4-14)17-11-18-20-25-26-21(28(20)9-10-29(18)27-17)31-12-19(30)24-16-7-5-15(23)6-8-16/h1-11H,12H2,(H,24,30). The number of amides is 1. The van der Waals surface area contributed by atoms with Crippen LogP contribution in [0.15, 0.2) is 72.1 Å². The molecule has 0 saturated heterocycles. The first kappa shape index (κ1) is 19.5. The Labute approximate surface area is 184 Å². The second-order valence-electron chi connectivity index (χ2n) is 6.68. The molecular formula is C21H14ClFN6OS. The number of hydrogen-bond donors (Lipinski definition) is 1. The zero-order valence-electron chi connectivity index (χ0n) is 15.9. The fourth-order valence-electron chi connectivity index (χ4n) is 3.11. The van der Waals surface area contributed by atoms with Gasteiger partial charge in [0.25, 0.3) is 0 Å². The Morgan fingerprint density at radius 2 is 1.84 bits per heavy atom. The van der Waals surface area contributed by atoms with Crippen molar-refractivity contribution in [1.82, 2.24) is 24.2 Å². The van der Waals surface area contributed by atoms with Gasteiger partial charge in [0.05, 0.1) is 11.4 Å². The smallest absolute Gasteiger partial charge is 0.234 e. The molecule has 0 radical (unpaired) electrons. The van der Waals surface area contributed by atoms with Crippen LogP contribution in [0, 0.1) is 5.82 Å². The highest BCUT2D eigenvalue weighted by Crippen LogP contribution is 2.25. The number of carbonyl (C=O) groups is 1. The van der Waals surface area contributed by atoms with Crippen molar-refractivity contribution in [2.45, 2.75) is 5.16 Å². The topological polar surface area (TPSA) is 76.6 Å². The average molecular weight is 453 g/mol. The fraction of sp³-hybridized carbons (Fsp3) is 0.0476. The van der Waals surface area contributed by atoms with Crippen molar-refractivity contribution in [3.8, 4) is 11.3 Å². The largest absolute Gasteiger partial charge is 0.325 e. The van der Waals surface area contributed by atoms with E-state index in [1.54, 1.807) is 10.7 Å². The lowest BCUT2D eigenvalue weighted by atomic mass is 10.1. The maximum absolute atomic E-state index is 13.0. The van der Waals surface area contributed by atoms with E-state index in [0.29, 0.717) is 21.5 Å². The zero-order valence-corrected chi connectivity index (χ0v) is 17.4. The van der Waals surface area contributed by atoms with Gasteiger partial charge in [-0.25, -0.2) is 8.91 Å². The summed E-state index contributed by atoms with van der Waals surface area (Å²) in [5.74, 6) is -0.435. The first-order valence-corrected chi connectivity index (χ1v) is 10.6. The second-order valence-corrected chi connectivity index (χ2v) is 8.06. The highest BCUT2D eigenvalue weighted by Gasteiger charge is 2.14. The van der Waals surface area contributed by atoms with Crippen LogP contribution in [0.3, 0.4) is 0 Å². The zero-order chi connectivity index (χ0) is 21.4. The predicted molar refractivity (Wildman–Crippen MR) is 118 cm³/mol. The molecule has 0 aliphatic carbocycles. The van der Waals surface area contributed by atoms with Gasteiger partial charge in [-0.05, 0) is 42.5 Å². The molecule has 3 aromatic heterocycles. The van der Waals surface area contributed by atoms with Crippen LogP contribution in [0.4, 0.5) is 10.1 Å². The SMILES string of the molecule is O=C(CSc1nnc2c3cc(-c4ccc(Cl)cc4)nn3ccn12)Nc1ccc(F)cc1. The van der Waals surface area contributed by atoms with Gasteiger partial charge in [-0.3, -0.25) is 9.20 Å². The van der Waals surface area contributed by atoms with Crippen molar-refractivity contribution in [2.24, 2.45) is 0 Å². The normalized spacial score (nSPS) is 11.3. The molecule has 154 valence electrons. The third-order valence-corrected chi connectivity index (χ3v) is 5.78. The summed E-state index contributed by atoms with van der Waals surface area (Å²) in [5.41, 5.74) is 3.70. The summed E-state index contributed by atoms with van der Waals surface area (Å²) < 4.78 is 16.5. The number of anilines is 1. The Hall–Kier alpha value is -3.43. The van der Waals surface area contributed by atoms with E-state index >= 15 is 0 Å². The maximum atomic E-state index is 13.0. The minimum atomic E-state index is -0.354. The summed E-state index contributed by atoms with van der Waals surface area (Å²) in [7, 11) is 0. The maximum Gasteiger partial charge on any atom is 0.234 e. The molecule has 0 aliphatic heterocycles. The van der Waals surface area contributed by atoms with Crippen molar-refractivity contribution >= 4 is 46.1 Å². The molecule has 31 heavy (non-hydrogen) atoms. The molecule has 0 fully saturated rings. The van der Waals surface area contributed by atoms with Crippen molar-refractivity contribution in [2.75, 3.05) is 11.1 Å². The summed E-state index contributed by atoms with van der Waals surface area (Å²) in [5, 5.41) is 17.1. The Balaban J connectivity index is 1.36. The first-order chi connectivity index (χ1) is 15.1. The summed E-state index contributed by atoms with van der Waals surface area (Å²) in [6.45, 7) is 0. The van der Waals surface area contributed by atoms with E-state index in [1.807, 2.05) is 40.9 Å². The van der Waals surface area contributed by atoms with Gasteiger partial charge in [-0.2, -0.15) is 5.10 Å².